The van der Waals surface area contributed by atoms with Gasteiger partial charge in [0.25, 0.3) is 0 Å². The SMILES string of the molecule is NCC(O)C(O)c1ccc(CCCC(=O)O)cc1. The fourth-order valence-electron chi connectivity index (χ4n) is 1.68. The highest BCUT2D eigenvalue weighted by molar-refractivity contribution is 5.66. The number of aryl methyl sites for hydroxylation is 1. The molecule has 0 saturated carbocycles. The van der Waals surface area contributed by atoms with E-state index in [4.69, 9.17) is 10.8 Å². The van der Waals surface area contributed by atoms with E-state index in [0.29, 0.717) is 18.4 Å². The van der Waals surface area contributed by atoms with Crippen molar-refractivity contribution in [3.63, 3.8) is 0 Å². The molecule has 1 aromatic carbocycles. The first kappa shape index (κ1) is 14.6. The van der Waals surface area contributed by atoms with Crippen molar-refractivity contribution in [1.29, 1.82) is 0 Å². The number of rotatable bonds is 7. The van der Waals surface area contributed by atoms with Crippen molar-refractivity contribution >= 4 is 5.97 Å². The number of aliphatic hydroxyl groups excluding tert-OH is 2. The van der Waals surface area contributed by atoms with Crippen molar-refractivity contribution < 1.29 is 20.1 Å². The molecule has 0 radical (unpaired) electrons. The van der Waals surface area contributed by atoms with Crippen molar-refractivity contribution in [3.05, 3.63) is 35.4 Å². The van der Waals surface area contributed by atoms with E-state index in [1.54, 1.807) is 12.1 Å². The zero-order valence-electron chi connectivity index (χ0n) is 10.1. The second-order valence-electron chi connectivity index (χ2n) is 4.24. The molecule has 0 spiro atoms. The summed E-state index contributed by atoms with van der Waals surface area (Å²) in [5.41, 5.74) is 6.88. The molecule has 0 aliphatic heterocycles. The zero-order chi connectivity index (χ0) is 13.5. The van der Waals surface area contributed by atoms with Crippen LogP contribution in [0.5, 0.6) is 0 Å². The van der Waals surface area contributed by atoms with Gasteiger partial charge in [0, 0.05) is 13.0 Å². The van der Waals surface area contributed by atoms with Crippen molar-refractivity contribution in [2.75, 3.05) is 6.54 Å². The van der Waals surface area contributed by atoms with Crippen LogP contribution in [0.4, 0.5) is 0 Å². The van der Waals surface area contributed by atoms with Gasteiger partial charge in [-0.3, -0.25) is 4.79 Å². The van der Waals surface area contributed by atoms with Gasteiger partial charge >= 0.3 is 5.97 Å². The van der Waals surface area contributed by atoms with Crippen molar-refractivity contribution in [2.45, 2.75) is 31.5 Å². The number of carbonyl (C=O) groups is 1. The topological polar surface area (TPSA) is 104 Å². The molecule has 0 aliphatic carbocycles. The molecule has 0 saturated heterocycles. The fraction of sp³-hybridized carbons (Fsp3) is 0.462. The molecule has 100 valence electrons. The maximum Gasteiger partial charge on any atom is 0.303 e. The van der Waals surface area contributed by atoms with Gasteiger partial charge in [-0.2, -0.15) is 0 Å². The van der Waals surface area contributed by atoms with Gasteiger partial charge in [0.15, 0.2) is 0 Å². The minimum Gasteiger partial charge on any atom is -0.481 e. The number of carboxylic acid groups (broad SMARTS) is 1. The van der Waals surface area contributed by atoms with Crippen LogP contribution in [-0.2, 0) is 11.2 Å². The average molecular weight is 253 g/mol. The Morgan fingerprint density at radius 2 is 1.83 bits per heavy atom. The summed E-state index contributed by atoms with van der Waals surface area (Å²) in [6.45, 7) is 0.00152. The molecule has 1 rings (SSSR count). The van der Waals surface area contributed by atoms with Gasteiger partial charge in [0.2, 0.25) is 0 Å². The Kier molecular flexibility index (Phi) is 5.77. The van der Waals surface area contributed by atoms with Gasteiger partial charge in [-0.1, -0.05) is 24.3 Å². The molecule has 0 heterocycles. The van der Waals surface area contributed by atoms with E-state index in [9.17, 15) is 15.0 Å². The van der Waals surface area contributed by atoms with Gasteiger partial charge in [-0.05, 0) is 24.0 Å². The van der Waals surface area contributed by atoms with Crippen molar-refractivity contribution in [1.82, 2.24) is 0 Å². The van der Waals surface area contributed by atoms with Crippen molar-refractivity contribution in [3.8, 4) is 0 Å². The first-order valence-corrected chi connectivity index (χ1v) is 5.91. The Labute approximate surface area is 106 Å². The van der Waals surface area contributed by atoms with Gasteiger partial charge in [-0.25, -0.2) is 0 Å². The second kappa shape index (κ2) is 7.10. The number of aliphatic hydroxyl groups is 2. The molecule has 2 atom stereocenters. The standard InChI is InChI=1S/C13H19NO4/c14-8-11(15)13(18)10-6-4-9(5-7-10)2-1-3-12(16)17/h4-7,11,13,15,18H,1-3,8,14H2,(H,16,17). The molecule has 0 fully saturated rings. The van der Waals surface area contributed by atoms with Crippen LogP contribution in [0.3, 0.4) is 0 Å². The van der Waals surface area contributed by atoms with E-state index in [-0.39, 0.29) is 13.0 Å². The molecule has 0 aromatic heterocycles. The Morgan fingerprint density at radius 1 is 1.22 bits per heavy atom. The van der Waals surface area contributed by atoms with E-state index in [1.807, 2.05) is 12.1 Å². The summed E-state index contributed by atoms with van der Waals surface area (Å²) in [7, 11) is 0. The maximum atomic E-state index is 10.4. The second-order valence-corrected chi connectivity index (χ2v) is 4.24. The maximum absolute atomic E-state index is 10.4. The Morgan fingerprint density at radius 3 is 2.33 bits per heavy atom. The van der Waals surface area contributed by atoms with Crippen LogP contribution in [0.1, 0.15) is 30.1 Å². The quantitative estimate of drug-likeness (QED) is 0.564. The number of hydrogen-bond donors (Lipinski definition) is 4. The Hall–Kier alpha value is -1.43. The van der Waals surface area contributed by atoms with Gasteiger partial charge in [-0.15, -0.1) is 0 Å². The van der Waals surface area contributed by atoms with Gasteiger partial charge in [0.05, 0.1) is 6.10 Å². The number of nitrogens with two attached hydrogens (primary N) is 1. The first-order chi connectivity index (χ1) is 8.54. The van der Waals surface area contributed by atoms with Crippen LogP contribution >= 0.6 is 0 Å². The Balaban J connectivity index is 2.54. The number of aliphatic carboxylic acids is 1. The van der Waals surface area contributed by atoms with Crippen LogP contribution in [0.2, 0.25) is 0 Å². The van der Waals surface area contributed by atoms with E-state index in [2.05, 4.69) is 0 Å². The summed E-state index contributed by atoms with van der Waals surface area (Å²) in [5.74, 6) is -0.798. The lowest BCUT2D eigenvalue weighted by molar-refractivity contribution is -0.137. The van der Waals surface area contributed by atoms with E-state index in [0.717, 1.165) is 5.56 Å². The summed E-state index contributed by atoms with van der Waals surface area (Å²) in [6, 6.07) is 7.09. The number of benzene rings is 1. The predicted octanol–water partition coefficient (Wildman–Crippen LogP) is 0.447. The van der Waals surface area contributed by atoms with Crippen LogP contribution in [0.25, 0.3) is 0 Å². The minimum atomic E-state index is -0.983. The molecule has 5 nitrogen and oxygen atoms in total. The van der Waals surface area contributed by atoms with Crippen molar-refractivity contribution in [2.24, 2.45) is 5.73 Å². The molecule has 0 aliphatic rings. The largest absolute Gasteiger partial charge is 0.481 e. The summed E-state index contributed by atoms with van der Waals surface area (Å²) < 4.78 is 0. The first-order valence-electron chi connectivity index (χ1n) is 5.91. The summed E-state index contributed by atoms with van der Waals surface area (Å²) in [6.07, 6.45) is -0.535. The average Bonchev–Trinajstić information content (AvgIpc) is 2.37. The lowest BCUT2D eigenvalue weighted by Crippen LogP contribution is -2.27. The van der Waals surface area contributed by atoms with Gasteiger partial charge < -0.3 is 21.1 Å². The summed E-state index contributed by atoms with van der Waals surface area (Å²) in [5, 5.41) is 27.7. The van der Waals surface area contributed by atoms with E-state index >= 15 is 0 Å². The highest BCUT2D eigenvalue weighted by Gasteiger charge is 2.16. The van der Waals surface area contributed by atoms with Crippen LogP contribution in [-0.4, -0.2) is 33.9 Å². The van der Waals surface area contributed by atoms with Gasteiger partial charge in [0.1, 0.15) is 6.10 Å². The normalized spacial score (nSPS) is 14.2. The highest BCUT2D eigenvalue weighted by atomic mass is 16.4. The summed E-state index contributed by atoms with van der Waals surface area (Å²) in [4.78, 5) is 10.4. The van der Waals surface area contributed by atoms with E-state index < -0.39 is 18.2 Å². The monoisotopic (exact) mass is 253 g/mol. The molecular formula is C13H19NO4. The Bertz CT molecular complexity index is 377. The number of hydrogen-bond acceptors (Lipinski definition) is 4. The zero-order valence-corrected chi connectivity index (χ0v) is 10.1. The van der Waals surface area contributed by atoms with Crippen LogP contribution < -0.4 is 5.73 Å². The van der Waals surface area contributed by atoms with E-state index in [1.165, 1.54) is 0 Å². The molecule has 18 heavy (non-hydrogen) atoms. The third-order valence-electron chi connectivity index (χ3n) is 2.78. The molecular weight excluding hydrogens is 234 g/mol. The molecule has 5 N–H and O–H groups in total. The lowest BCUT2D eigenvalue weighted by atomic mass is 10.0. The summed E-state index contributed by atoms with van der Waals surface area (Å²) >= 11 is 0. The van der Waals surface area contributed by atoms with Crippen LogP contribution in [0, 0.1) is 0 Å². The molecule has 2 unspecified atom stereocenters. The minimum absolute atomic E-state index is 0.00152. The molecule has 0 amide bonds. The fourth-order valence-corrected chi connectivity index (χ4v) is 1.68. The molecule has 1 aromatic rings. The highest BCUT2D eigenvalue weighted by Crippen LogP contribution is 2.17. The molecule has 0 bridgehead atoms. The predicted molar refractivity (Wildman–Crippen MR) is 67.0 cm³/mol. The number of carboxylic acids is 1. The third kappa shape index (κ3) is 4.44. The molecule has 5 heteroatoms. The van der Waals surface area contributed by atoms with Crippen LogP contribution in [0.15, 0.2) is 24.3 Å². The lowest BCUT2D eigenvalue weighted by Gasteiger charge is -2.16. The third-order valence-corrected chi connectivity index (χ3v) is 2.78. The smallest absolute Gasteiger partial charge is 0.303 e.